The number of carboxylic acid groups (broad SMARTS) is 1. The smallest absolute Gasteiger partial charge is 0.339 e. The molecule has 0 spiro atoms. The van der Waals surface area contributed by atoms with Crippen molar-refractivity contribution in [1.82, 2.24) is 4.98 Å². The fraction of sp³-hybridized carbons (Fsp3) is 0.538. The van der Waals surface area contributed by atoms with Crippen LogP contribution in [0.3, 0.4) is 0 Å². The molecule has 0 bridgehead atoms. The Balaban J connectivity index is 2.17. The Hall–Kier alpha value is -1.78. The largest absolute Gasteiger partial charge is 0.478 e. The Kier molecular flexibility index (Phi) is 3.69. The van der Waals surface area contributed by atoms with Crippen LogP contribution in [0.25, 0.3) is 0 Å². The zero-order chi connectivity index (χ0) is 13.1. The molecular formula is C13H19N3O2. The Morgan fingerprint density at radius 2 is 2.22 bits per heavy atom. The third-order valence-electron chi connectivity index (χ3n) is 3.49. The van der Waals surface area contributed by atoms with Crippen molar-refractivity contribution >= 4 is 17.5 Å². The number of rotatable bonds is 4. The van der Waals surface area contributed by atoms with Gasteiger partial charge >= 0.3 is 5.97 Å². The van der Waals surface area contributed by atoms with Gasteiger partial charge < -0.3 is 15.7 Å². The van der Waals surface area contributed by atoms with E-state index in [1.54, 1.807) is 0 Å². The number of nitrogen functional groups attached to an aromatic ring is 1. The van der Waals surface area contributed by atoms with Gasteiger partial charge in [-0.05, 0) is 24.8 Å². The molecule has 2 rings (SSSR count). The number of carbonyl (C=O) groups is 1. The van der Waals surface area contributed by atoms with Crippen molar-refractivity contribution in [3.63, 3.8) is 0 Å². The van der Waals surface area contributed by atoms with Crippen LogP contribution in [0, 0.1) is 5.92 Å². The molecule has 0 aliphatic heterocycles. The number of aromatic carboxylic acids is 1. The van der Waals surface area contributed by atoms with Crippen LogP contribution in [0.1, 0.15) is 36.0 Å². The average molecular weight is 249 g/mol. The standard InChI is InChI=1S/C13H19N3O2/c1-16(8-9-4-2-3-5-9)12-11(13(17)18)6-10(14)7-15-12/h6-7,9H,2-5,8,14H2,1H3,(H,17,18). The first-order valence-corrected chi connectivity index (χ1v) is 6.28. The van der Waals surface area contributed by atoms with Crippen LogP contribution in [0.15, 0.2) is 12.3 Å². The molecule has 18 heavy (non-hydrogen) atoms. The number of carboxylic acids is 1. The highest BCUT2D eigenvalue weighted by atomic mass is 16.4. The number of pyridine rings is 1. The zero-order valence-electron chi connectivity index (χ0n) is 10.6. The molecule has 0 aromatic carbocycles. The van der Waals surface area contributed by atoms with E-state index in [1.165, 1.54) is 37.9 Å². The van der Waals surface area contributed by atoms with Gasteiger partial charge in [0.05, 0.1) is 11.9 Å². The van der Waals surface area contributed by atoms with E-state index in [2.05, 4.69) is 4.98 Å². The maximum absolute atomic E-state index is 11.2. The van der Waals surface area contributed by atoms with E-state index in [-0.39, 0.29) is 5.56 Å². The molecule has 5 nitrogen and oxygen atoms in total. The van der Waals surface area contributed by atoms with E-state index in [4.69, 9.17) is 5.73 Å². The van der Waals surface area contributed by atoms with Crippen LogP contribution in [-0.2, 0) is 0 Å². The number of hydrogen-bond acceptors (Lipinski definition) is 4. The monoisotopic (exact) mass is 249 g/mol. The minimum absolute atomic E-state index is 0.176. The second kappa shape index (κ2) is 5.25. The van der Waals surface area contributed by atoms with E-state index in [0.717, 1.165) is 6.54 Å². The van der Waals surface area contributed by atoms with Crippen molar-refractivity contribution < 1.29 is 9.90 Å². The van der Waals surface area contributed by atoms with Gasteiger partial charge in [-0.15, -0.1) is 0 Å². The summed E-state index contributed by atoms with van der Waals surface area (Å²) >= 11 is 0. The predicted octanol–water partition coefficient (Wildman–Crippen LogP) is 1.99. The molecule has 1 saturated carbocycles. The lowest BCUT2D eigenvalue weighted by Gasteiger charge is -2.23. The van der Waals surface area contributed by atoms with Gasteiger partial charge in [0.1, 0.15) is 11.4 Å². The van der Waals surface area contributed by atoms with Crippen LogP contribution in [0.4, 0.5) is 11.5 Å². The summed E-state index contributed by atoms with van der Waals surface area (Å²) in [4.78, 5) is 17.3. The van der Waals surface area contributed by atoms with Crippen LogP contribution < -0.4 is 10.6 Å². The summed E-state index contributed by atoms with van der Waals surface area (Å²) in [5.74, 6) is 0.169. The van der Waals surface area contributed by atoms with Crippen molar-refractivity contribution in [2.75, 3.05) is 24.2 Å². The van der Waals surface area contributed by atoms with Crippen molar-refractivity contribution in [2.24, 2.45) is 5.92 Å². The van der Waals surface area contributed by atoms with Gasteiger partial charge in [0.2, 0.25) is 0 Å². The van der Waals surface area contributed by atoms with Crippen molar-refractivity contribution in [3.8, 4) is 0 Å². The molecule has 1 fully saturated rings. The Bertz CT molecular complexity index is 442. The number of aromatic nitrogens is 1. The van der Waals surface area contributed by atoms with Gasteiger partial charge in [-0.2, -0.15) is 0 Å². The van der Waals surface area contributed by atoms with E-state index in [1.807, 2.05) is 11.9 Å². The van der Waals surface area contributed by atoms with Crippen molar-refractivity contribution in [1.29, 1.82) is 0 Å². The summed E-state index contributed by atoms with van der Waals surface area (Å²) in [5.41, 5.74) is 6.14. The molecule has 98 valence electrons. The van der Waals surface area contributed by atoms with E-state index >= 15 is 0 Å². The number of anilines is 2. The van der Waals surface area contributed by atoms with Gasteiger partial charge in [-0.1, -0.05) is 12.8 Å². The molecule has 0 saturated heterocycles. The van der Waals surface area contributed by atoms with Gasteiger partial charge in [-0.3, -0.25) is 0 Å². The second-order valence-electron chi connectivity index (χ2n) is 4.98. The summed E-state index contributed by atoms with van der Waals surface area (Å²) in [6.07, 6.45) is 6.51. The van der Waals surface area contributed by atoms with Crippen LogP contribution in [-0.4, -0.2) is 29.7 Å². The zero-order valence-corrected chi connectivity index (χ0v) is 10.6. The molecule has 1 aromatic rings. The molecule has 1 aliphatic carbocycles. The molecule has 0 atom stereocenters. The van der Waals surface area contributed by atoms with Gasteiger partial charge in [0.15, 0.2) is 0 Å². The molecule has 0 unspecified atom stereocenters. The van der Waals surface area contributed by atoms with Gasteiger partial charge in [0.25, 0.3) is 0 Å². The molecule has 0 radical (unpaired) electrons. The summed E-state index contributed by atoms with van der Waals surface area (Å²) < 4.78 is 0. The highest BCUT2D eigenvalue weighted by molar-refractivity contribution is 5.94. The van der Waals surface area contributed by atoms with Crippen LogP contribution in [0.5, 0.6) is 0 Å². The quantitative estimate of drug-likeness (QED) is 0.853. The first kappa shape index (κ1) is 12.7. The fourth-order valence-electron chi connectivity index (χ4n) is 2.60. The molecule has 5 heteroatoms. The second-order valence-corrected chi connectivity index (χ2v) is 4.98. The van der Waals surface area contributed by atoms with Crippen molar-refractivity contribution in [3.05, 3.63) is 17.8 Å². The number of nitrogens with two attached hydrogens (primary N) is 1. The fourth-order valence-corrected chi connectivity index (χ4v) is 2.60. The first-order valence-electron chi connectivity index (χ1n) is 6.28. The third kappa shape index (κ3) is 2.72. The van der Waals surface area contributed by atoms with Crippen LogP contribution >= 0.6 is 0 Å². The number of nitrogens with zero attached hydrogens (tertiary/aromatic N) is 2. The maximum atomic E-state index is 11.2. The predicted molar refractivity (Wildman–Crippen MR) is 70.8 cm³/mol. The topological polar surface area (TPSA) is 79.5 Å². The third-order valence-corrected chi connectivity index (χ3v) is 3.49. The Morgan fingerprint density at radius 3 is 2.83 bits per heavy atom. The van der Waals surface area contributed by atoms with Crippen LogP contribution in [0.2, 0.25) is 0 Å². The molecule has 0 amide bonds. The minimum Gasteiger partial charge on any atom is -0.478 e. The molecule has 1 heterocycles. The number of hydrogen-bond donors (Lipinski definition) is 2. The van der Waals surface area contributed by atoms with Gasteiger partial charge in [-0.25, -0.2) is 9.78 Å². The summed E-state index contributed by atoms with van der Waals surface area (Å²) in [6, 6.07) is 1.47. The van der Waals surface area contributed by atoms with E-state index in [9.17, 15) is 9.90 Å². The minimum atomic E-state index is -0.983. The lowest BCUT2D eigenvalue weighted by Crippen LogP contribution is -2.26. The van der Waals surface area contributed by atoms with Crippen molar-refractivity contribution in [2.45, 2.75) is 25.7 Å². The lowest BCUT2D eigenvalue weighted by atomic mass is 10.1. The van der Waals surface area contributed by atoms with E-state index < -0.39 is 5.97 Å². The SMILES string of the molecule is CN(CC1CCCC1)c1ncc(N)cc1C(=O)O. The molecule has 1 aliphatic rings. The average Bonchev–Trinajstić information content (AvgIpc) is 2.81. The van der Waals surface area contributed by atoms with E-state index in [0.29, 0.717) is 17.4 Å². The summed E-state index contributed by atoms with van der Waals surface area (Å²) in [5, 5.41) is 9.18. The maximum Gasteiger partial charge on any atom is 0.339 e. The Labute approximate surface area is 107 Å². The molecule has 1 aromatic heterocycles. The first-order chi connectivity index (χ1) is 8.58. The lowest BCUT2D eigenvalue weighted by molar-refractivity contribution is 0.0697. The highest BCUT2D eigenvalue weighted by Gasteiger charge is 2.21. The summed E-state index contributed by atoms with van der Waals surface area (Å²) in [6.45, 7) is 0.858. The molecular weight excluding hydrogens is 230 g/mol. The molecule has 3 N–H and O–H groups in total. The van der Waals surface area contributed by atoms with Gasteiger partial charge in [0, 0.05) is 13.6 Å². The Morgan fingerprint density at radius 1 is 1.56 bits per heavy atom. The summed E-state index contributed by atoms with van der Waals surface area (Å²) in [7, 11) is 1.89. The normalized spacial score (nSPS) is 15.8. The highest BCUT2D eigenvalue weighted by Crippen LogP contribution is 2.27.